The van der Waals surface area contributed by atoms with E-state index in [1.807, 2.05) is 0 Å². The van der Waals surface area contributed by atoms with Gasteiger partial charge in [-0.1, -0.05) is 15.9 Å². The second-order valence-electron chi connectivity index (χ2n) is 3.73. The Labute approximate surface area is 115 Å². The molecule has 1 aromatic rings. The number of hydrogen-bond donors (Lipinski definition) is 0. The van der Waals surface area contributed by atoms with Crippen LogP contribution in [-0.2, 0) is 19.6 Å². The van der Waals surface area contributed by atoms with Crippen molar-refractivity contribution in [2.45, 2.75) is 13.0 Å². The molecule has 0 heterocycles. The minimum atomic E-state index is -3.57. The molecule has 0 aromatic heterocycles. The molecular weight excluding hydrogens is 322 g/mol. The first-order valence-electron chi connectivity index (χ1n) is 5.10. The molecule has 18 heavy (non-hydrogen) atoms. The van der Waals surface area contributed by atoms with Crippen molar-refractivity contribution in [2.75, 3.05) is 17.7 Å². The molecule has 0 radical (unpaired) electrons. The summed E-state index contributed by atoms with van der Waals surface area (Å²) in [5, 5.41) is 0. The first kappa shape index (κ1) is 15.0. The van der Waals surface area contributed by atoms with Crippen LogP contribution in [0, 0.1) is 0 Å². The zero-order chi connectivity index (χ0) is 13.9. The molecule has 1 rings (SSSR count). The number of carbonyl (C=O) groups excluding carboxylic acids is 1. The number of anilines is 1. The first-order valence-corrected chi connectivity index (χ1v) is 7.74. The van der Waals surface area contributed by atoms with Crippen LogP contribution >= 0.6 is 15.9 Å². The summed E-state index contributed by atoms with van der Waals surface area (Å²) in [4.78, 5) is 11.5. The van der Waals surface area contributed by atoms with Crippen molar-refractivity contribution in [3.05, 3.63) is 28.7 Å². The predicted molar refractivity (Wildman–Crippen MR) is 72.9 cm³/mol. The van der Waals surface area contributed by atoms with Gasteiger partial charge in [0.05, 0.1) is 19.1 Å². The molecule has 7 heteroatoms. The Hall–Kier alpha value is -1.08. The van der Waals surface area contributed by atoms with E-state index in [0.717, 1.165) is 15.0 Å². The number of halogens is 1. The Bertz CT molecular complexity index is 526. The van der Waals surface area contributed by atoms with Crippen molar-refractivity contribution in [3.8, 4) is 0 Å². The fraction of sp³-hybridized carbons (Fsp3) is 0.364. The van der Waals surface area contributed by atoms with Gasteiger partial charge in [0.2, 0.25) is 10.0 Å². The first-order chi connectivity index (χ1) is 8.27. The Kier molecular flexibility index (Phi) is 4.75. The van der Waals surface area contributed by atoms with E-state index in [9.17, 15) is 13.2 Å². The average molecular weight is 336 g/mol. The van der Waals surface area contributed by atoms with Crippen molar-refractivity contribution < 1.29 is 17.9 Å². The lowest BCUT2D eigenvalue weighted by Gasteiger charge is -2.27. The molecule has 100 valence electrons. The molecule has 0 aliphatic rings. The Balaban J connectivity index is 3.23. The van der Waals surface area contributed by atoms with Crippen LogP contribution in [0.5, 0.6) is 0 Å². The fourth-order valence-corrected chi connectivity index (χ4v) is 2.99. The van der Waals surface area contributed by atoms with E-state index in [0.29, 0.717) is 5.69 Å². The molecule has 0 bridgehead atoms. The number of benzene rings is 1. The molecule has 0 fully saturated rings. The molecule has 5 nitrogen and oxygen atoms in total. The van der Waals surface area contributed by atoms with E-state index < -0.39 is 22.0 Å². The van der Waals surface area contributed by atoms with Crippen LogP contribution in [-0.4, -0.2) is 33.8 Å². The predicted octanol–water partition coefficient (Wildman–Crippen LogP) is 1.78. The topological polar surface area (TPSA) is 63.7 Å². The summed E-state index contributed by atoms with van der Waals surface area (Å²) in [5.74, 6) is -0.608. The fourth-order valence-electron chi connectivity index (χ4n) is 1.56. The van der Waals surface area contributed by atoms with Gasteiger partial charge in [-0.25, -0.2) is 13.2 Å². The normalized spacial score (nSPS) is 12.9. The van der Waals surface area contributed by atoms with Gasteiger partial charge in [-0.15, -0.1) is 0 Å². The van der Waals surface area contributed by atoms with Gasteiger partial charge >= 0.3 is 5.97 Å². The van der Waals surface area contributed by atoms with Crippen LogP contribution in [0.1, 0.15) is 6.92 Å². The smallest absolute Gasteiger partial charge is 0.329 e. The third-order valence-corrected chi connectivity index (χ3v) is 4.10. The zero-order valence-electron chi connectivity index (χ0n) is 10.3. The molecular formula is C11H14BrNO4S. The molecule has 0 aliphatic heterocycles. The highest BCUT2D eigenvalue weighted by atomic mass is 79.9. The number of methoxy groups -OCH3 is 1. The Morgan fingerprint density at radius 1 is 1.33 bits per heavy atom. The average Bonchev–Trinajstić information content (AvgIpc) is 2.29. The van der Waals surface area contributed by atoms with Gasteiger partial charge in [0.25, 0.3) is 0 Å². The van der Waals surface area contributed by atoms with Crippen LogP contribution < -0.4 is 4.31 Å². The summed E-state index contributed by atoms with van der Waals surface area (Å²) < 4.78 is 30.0. The standard InChI is InChI=1S/C11H14BrNO4S/c1-8(11(14)17-2)13(18(3,15)16)10-6-4-9(12)5-7-10/h4-8H,1-3H3/t8-/m0/s1. The van der Waals surface area contributed by atoms with Crippen LogP contribution in [0.2, 0.25) is 0 Å². The molecule has 1 atom stereocenters. The molecule has 0 amide bonds. The highest BCUT2D eigenvalue weighted by Crippen LogP contribution is 2.23. The highest BCUT2D eigenvalue weighted by Gasteiger charge is 2.29. The van der Waals surface area contributed by atoms with Crippen molar-refractivity contribution in [2.24, 2.45) is 0 Å². The molecule has 0 aliphatic carbocycles. The van der Waals surface area contributed by atoms with E-state index in [1.54, 1.807) is 24.3 Å². The number of carbonyl (C=O) groups is 1. The zero-order valence-corrected chi connectivity index (χ0v) is 12.7. The maximum absolute atomic E-state index is 11.8. The van der Waals surface area contributed by atoms with Crippen molar-refractivity contribution in [1.29, 1.82) is 0 Å². The largest absolute Gasteiger partial charge is 0.467 e. The minimum absolute atomic E-state index is 0.415. The lowest BCUT2D eigenvalue weighted by Crippen LogP contribution is -2.43. The summed E-state index contributed by atoms with van der Waals surface area (Å²) in [7, 11) is -2.34. The van der Waals surface area contributed by atoms with Gasteiger partial charge in [-0.2, -0.15) is 0 Å². The molecule has 1 aromatic carbocycles. The summed E-state index contributed by atoms with van der Waals surface area (Å²) in [6.45, 7) is 1.48. The third-order valence-electron chi connectivity index (χ3n) is 2.33. The second kappa shape index (κ2) is 5.71. The Morgan fingerprint density at radius 2 is 1.83 bits per heavy atom. The number of sulfonamides is 1. The molecule has 0 N–H and O–H groups in total. The van der Waals surface area contributed by atoms with Gasteiger partial charge in [0.15, 0.2) is 0 Å². The van der Waals surface area contributed by atoms with E-state index in [1.165, 1.54) is 14.0 Å². The van der Waals surface area contributed by atoms with Crippen LogP contribution in [0.25, 0.3) is 0 Å². The van der Waals surface area contributed by atoms with Gasteiger partial charge in [-0.3, -0.25) is 4.31 Å². The van der Waals surface area contributed by atoms with E-state index in [-0.39, 0.29) is 0 Å². The molecule has 0 saturated carbocycles. The van der Waals surface area contributed by atoms with Gasteiger partial charge < -0.3 is 4.74 Å². The van der Waals surface area contributed by atoms with Crippen molar-refractivity contribution in [1.82, 2.24) is 0 Å². The SMILES string of the molecule is COC(=O)[C@H](C)N(c1ccc(Br)cc1)S(C)(=O)=O. The van der Waals surface area contributed by atoms with Gasteiger partial charge in [-0.05, 0) is 31.2 Å². The van der Waals surface area contributed by atoms with Crippen molar-refractivity contribution >= 4 is 37.6 Å². The minimum Gasteiger partial charge on any atom is -0.467 e. The van der Waals surface area contributed by atoms with Crippen LogP contribution in [0.15, 0.2) is 28.7 Å². The summed E-state index contributed by atoms with van der Waals surface area (Å²) >= 11 is 3.27. The third kappa shape index (κ3) is 3.46. The van der Waals surface area contributed by atoms with E-state index >= 15 is 0 Å². The maximum Gasteiger partial charge on any atom is 0.329 e. The molecule has 0 spiro atoms. The number of hydrogen-bond acceptors (Lipinski definition) is 4. The number of ether oxygens (including phenoxy) is 1. The number of esters is 1. The number of rotatable bonds is 4. The van der Waals surface area contributed by atoms with E-state index in [2.05, 4.69) is 20.7 Å². The van der Waals surface area contributed by atoms with Crippen molar-refractivity contribution in [3.63, 3.8) is 0 Å². The number of nitrogens with zero attached hydrogens (tertiary/aromatic N) is 1. The second-order valence-corrected chi connectivity index (χ2v) is 6.51. The van der Waals surface area contributed by atoms with Crippen LogP contribution in [0.3, 0.4) is 0 Å². The maximum atomic E-state index is 11.8. The van der Waals surface area contributed by atoms with E-state index in [4.69, 9.17) is 0 Å². The monoisotopic (exact) mass is 335 g/mol. The molecule has 0 saturated heterocycles. The summed E-state index contributed by atoms with van der Waals surface area (Å²) in [6, 6.07) is 5.73. The van der Waals surface area contributed by atoms with Gasteiger partial charge in [0.1, 0.15) is 6.04 Å². The Morgan fingerprint density at radius 3 is 2.22 bits per heavy atom. The lowest BCUT2D eigenvalue weighted by atomic mass is 10.2. The van der Waals surface area contributed by atoms with Crippen LogP contribution in [0.4, 0.5) is 5.69 Å². The lowest BCUT2D eigenvalue weighted by molar-refractivity contribution is -0.141. The highest BCUT2D eigenvalue weighted by molar-refractivity contribution is 9.10. The summed E-state index contributed by atoms with van der Waals surface area (Å²) in [5.41, 5.74) is 0.415. The van der Waals surface area contributed by atoms with Gasteiger partial charge in [0, 0.05) is 4.47 Å². The summed E-state index contributed by atoms with van der Waals surface area (Å²) in [6.07, 6.45) is 1.05. The quantitative estimate of drug-likeness (QED) is 0.787. The molecule has 0 unspecified atom stereocenters.